The predicted molar refractivity (Wildman–Crippen MR) is 168 cm³/mol. The van der Waals surface area contributed by atoms with Gasteiger partial charge in [-0.15, -0.1) is 0 Å². The Kier molecular flexibility index (Phi) is 6.28. The van der Waals surface area contributed by atoms with E-state index in [0.717, 1.165) is 9.80 Å². The van der Waals surface area contributed by atoms with E-state index < -0.39 is 59.1 Å². The van der Waals surface area contributed by atoms with Crippen molar-refractivity contribution in [2.24, 2.45) is 35.5 Å². The van der Waals surface area contributed by atoms with Crippen molar-refractivity contribution >= 4 is 46.6 Å². The summed E-state index contributed by atoms with van der Waals surface area (Å²) in [5.74, 6) is -6.74. The highest BCUT2D eigenvalue weighted by Crippen LogP contribution is 2.58. The Morgan fingerprint density at radius 1 is 0.413 bits per heavy atom. The zero-order chi connectivity index (χ0) is 31.7. The van der Waals surface area contributed by atoms with Gasteiger partial charge in [0.25, 0.3) is 0 Å². The minimum Gasteiger partial charge on any atom is -0.289 e. The number of anilines is 2. The summed E-state index contributed by atoms with van der Waals surface area (Å²) < 4.78 is 0. The van der Waals surface area contributed by atoms with Crippen molar-refractivity contribution in [2.75, 3.05) is 9.80 Å². The lowest BCUT2D eigenvalue weighted by Gasteiger charge is -2.44. The molecule has 2 heterocycles. The van der Waals surface area contributed by atoms with Crippen molar-refractivity contribution in [3.63, 3.8) is 0 Å². The molecule has 5 aliphatic rings. The second-order valence-electron chi connectivity index (χ2n) is 12.2. The van der Waals surface area contributed by atoms with Gasteiger partial charge in [-0.1, -0.05) is 97.1 Å². The van der Waals surface area contributed by atoms with E-state index in [2.05, 4.69) is 0 Å². The number of nitrogens with zero attached hydrogens (tertiary/aromatic N) is 2. The summed E-state index contributed by atoms with van der Waals surface area (Å²) in [7, 11) is 0. The van der Waals surface area contributed by atoms with E-state index in [1.807, 2.05) is 12.1 Å². The van der Waals surface area contributed by atoms with Crippen LogP contribution in [0.3, 0.4) is 0 Å². The Hall–Kier alpha value is -5.76. The maximum atomic E-state index is 14.0. The van der Waals surface area contributed by atoms with Crippen LogP contribution in [0.2, 0.25) is 0 Å². The molecule has 224 valence electrons. The van der Waals surface area contributed by atoms with Crippen LogP contribution in [-0.2, 0) is 19.2 Å². The number of carbonyl (C=O) groups is 6. The third kappa shape index (κ3) is 3.99. The number of hydrogen-bond acceptors (Lipinski definition) is 6. The van der Waals surface area contributed by atoms with Gasteiger partial charge < -0.3 is 0 Å². The molecule has 3 fully saturated rings. The first-order chi connectivity index (χ1) is 22.3. The number of allylic oxidation sites excluding steroid dienone is 2. The SMILES string of the molecule is O=C(c1ccccc1)c1cccc(N2C(=O)C3C4C=CC(C3C2=O)C2C(=O)N(c3cccc(C(=O)c5ccccc5)c3)C(=O)C42)c1. The van der Waals surface area contributed by atoms with Gasteiger partial charge in [0, 0.05) is 34.1 Å². The molecule has 8 nitrogen and oxygen atoms in total. The number of benzene rings is 4. The zero-order valence-electron chi connectivity index (χ0n) is 24.4. The van der Waals surface area contributed by atoms with Crippen molar-refractivity contribution < 1.29 is 28.8 Å². The standard InChI is InChI=1S/C38H26N2O6/c41-33(21-9-3-1-4-10-21)23-13-7-15-25(19-23)39-35(43)29-27-17-18-28(30(29)36(39)44)32-31(27)37(45)40(38(32)46)26-16-8-14-24(20-26)34(42)22-11-5-2-6-12-22/h1-20,27-32H. The van der Waals surface area contributed by atoms with Crippen molar-refractivity contribution in [3.05, 3.63) is 144 Å². The summed E-state index contributed by atoms with van der Waals surface area (Å²) in [6.45, 7) is 0. The smallest absolute Gasteiger partial charge is 0.238 e. The van der Waals surface area contributed by atoms with Crippen LogP contribution in [-0.4, -0.2) is 35.2 Å². The van der Waals surface area contributed by atoms with Crippen LogP contribution in [0.25, 0.3) is 0 Å². The Balaban J connectivity index is 1.10. The summed E-state index contributed by atoms with van der Waals surface area (Å²) >= 11 is 0. The van der Waals surface area contributed by atoms with Crippen molar-refractivity contribution in [1.29, 1.82) is 0 Å². The third-order valence-electron chi connectivity index (χ3n) is 9.82. The second kappa shape index (κ2) is 10.4. The van der Waals surface area contributed by atoms with Gasteiger partial charge in [-0.2, -0.15) is 0 Å². The molecule has 4 aromatic carbocycles. The maximum Gasteiger partial charge on any atom is 0.238 e. The molecule has 4 atom stereocenters. The molecule has 0 radical (unpaired) electrons. The summed E-state index contributed by atoms with van der Waals surface area (Å²) in [6.07, 6.45) is 3.61. The van der Waals surface area contributed by atoms with E-state index in [1.165, 1.54) is 0 Å². The lowest BCUT2D eigenvalue weighted by molar-refractivity contribution is -0.137. The molecule has 8 heteroatoms. The fraction of sp³-hybridized carbons (Fsp3) is 0.158. The summed E-state index contributed by atoms with van der Waals surface area (Å²) in [6, 6.07) is 30.4. The van der Waals surface area contributed by atoms with Crippen LogP contribution in [0, 0.1) is 35.5 Å². The molecular formula is C38H26N2O6. The van der Waals surface area contributed by atoms with E-state index in [1.54, 1.807) is 109 Å². The normalized spacial score (nSPS) is 26.0. The lowest BCUT2D eigenvalue weighted by Crippen LogP contribution is -2.50. The average molecular weight is 607 g/mol. The number of rotatable bonds is 6. The molecule has 0 N–H and O–H groups in total. The first-order valence-electron chi connectivity index (χ1n) is 15.2. The monoisotopic (exact) mass is 606 g/mol. The molecule has 0 aromatic heterocycles. The molecule has 2 bridgehead atoms. The number of hydrogen-bond donors (Lipinski definition) is 0. The highest BCUT2D eigenvalue weighted by atomic mass is 16.2. The minimum atomic E-state index is -0.806. The molecule has 1 saturated carbocycles. The highest BCUT2D eigenvalue weighted by Gasteiger charge is 2.68. The quantitative estimate of drug-likeness (QED) is 0.176. The topological polar surface area (TPSA) is 109 Å². The Morgan fingerprint density at radius 3 is 1.09 bits per heavy atom. The van der Waals surface area contributed by atoms with E-state index in [4.69, 9.17) is 0 Å². The van der Waals surface area contributed by atoms with Crippen LogP contribution >= 0.6 is 0 Å². The fourth-order valence-electron chi connectivity index (χ4n) is 7.82. The van der Waals surface area contributed by atoms with Gasteiger partial charge in [0.1, 0.15) is 0 Å². The highest BCUT2D eigenvalue weighted by molar-refractivity contribution is 6.27. The van der Waals surface area contributed by atoms with Gasteiger partial charge in [-0.05, 0) is 24.3 Å². The average Bonchev–Trinajstić information content (AvgIpc) is 3.55. The van der Waals surface area contributed by atoms with Crippen molar-refractivity contribution in [1.82, 2.24) is 0 Å². The molecule has 9 rings (SSSR count). The van der Waals surface area contributed by atoms with Crippen LogP contribution in [0.5, 0.6) is 0 Å². The van der Waals surface area contributed by atoms with E-state index in [9.17, 15) is 28.8 Å². The van der Waals surface area contributed by atoms with E-state index >= 15 is 0 Å². The first kappa shape index (κ1) is 27.8. The number of carbonyl (C=O) groups excluding carboxylic acids is 6. The molecule has 4 aromatic rings. The molecule has 2 saturated heterocycles. The van der Waals surface area contributed by atoms with Gasteiger partial charge in [-0.25, -0.2) is 9.80 Å². The van der Waals surface area contributed by atoms with E-state index in [-0.39, 0.29) is 22.9 Å². The first-order valence-corrected chi connectivity index (χ1v) is 15.2. The second-order valence-corrected chi connectivity index (χ2v) is 12.2. The Morgan fingerprint density at radius 2 is 0.739 bits per heavy atom. The van der Waals surface area contributed by atoms with Gasteiger partial charge in [0.15, 0.2) is 11.6 Å². The Bertz CT molecular complexity index is 1830. The molecule has 3 aliphatic carbocycles. The number of ketones is 2. The molecule has 4 amide bonds. The lowest BCUT2D eigenvalue weighted by atomic mass is 9.54. The number of imide groups is 2. The van der Waals surface area contributed by atoms with Gasteiger partial charge in [0.2, 0.25) is 23.6 Å². The summed E-state index contributed by atoms with van der Waals surface area (Å²) in [4.78, 5) is 84.6. The van der Waals surface area contributed by atoms with Crippen LogP contribution < -0.4 is 9.80 Å². The van der Waals surface area contributed by atoms with E-state index in [0.29, 0.717) is 22.3 Å². The summed E-state index contributed by atoms with van der Waals surface area (Å²) in [5, 5.41) is 0. The Labute approximate surface area is 263 Å². The maximum absolute atomic E-state index is 14.0. The fourth-order valence-corrected chi connectivity index (χ4v) is 7.82. The molecule has 4 unspecified atom stereocenters. The molecule has 0 spiro atoms. The molecule has 46 heavy (non-hydrogen) atoms. The summed E-state index contributed by atoms with van der Waals surface area (Å²) in [5.41, 5.74) is 2.22. The predicted octanol–water partition coefficient (Wildman–Crippen LogP) is 4.88. The third-order valence-corrected chi connectivity index (χ3v) is 9.82. The van der Waals surface area contributed by atoms with Gasteiger partial charge in [-0.3, -0.25) is 28.8 Å². The van der Waals surface area contributed by atoms with Crippen LogP contribution in [0.15, 0.2) is 121 Å². The van der Waals surface area contributed by atoms with Crippen LogP contribution in [0.1, 0.15) is 31.8 Å². The largest absolute Gasteiger partial charge is 0.289 e. The number of amides is 4. The molecule has 2 aliphatic heterocycles. The van der Waals surface area contributed by atoms with Crippen molar-refractivity contribution in [3.8, 4) is 0 Å². The van der Waals surface area contributed by atoms with Crippen LogP contribution in [0.4, 0.5) is 11.4 Å². The molecular weight excluding hydrogens is 580 g/mol. The van der Waals surface area contributed by atoms with Gasteiger partial charge in [0.05, 0.1) is 35.0 Å². The zero-order valence-corrected chi connectivity index (χ0v) is 24.4. The minimum absolute atomic E-state index is 0.235. The van der Waals surface area contributed by atoms with Gasteiger partial charge >= 0.3 is 0 Å². The van der Waals surface area contributed by atoms with Crippen molar-refractivity contribution in [2.45, 2.75) is 0 Å².